The fourth-order valence-electron chi connectivity index (χ4n) is 3.36. The number of carbonyl (C=O) groups excluding carboxylic acids is 1. The van der Waals surface area contributed by atoms with Crippen LogP contribution in [-0.4, -0.2) is 36.7 Å². The van der Waals surface area contributed by atoms with Crippen molar-refractivity contribution in [1.29, 1.82) is 0 Å². The Bertz CT molecular complexity index is 1160. The summed E-state index contributed by atoms with van der Waals surface area (Å²) in [4.78, 5) is 18.1. The van der Waals surface area contributed by atoms with Gasteiger partial charge in [-0.2, -0.15) is 4.31 Å². The van der Waals surface area contributed by atoms with E-state index in [1.54, 1.807) is 6.07 Å². The van der Waals surface area contributed by atoms with Gasteiger partial charge in [0, 0.05) is 24.0 Å². The minimum absolute atomic E-state index is 0.208. The second-order valence-electron chi connectivity index (χ2n) is 7.23. The standard InChI is InChI=1S/C20H20ClN3O3S3/c1-13-3-2-10-24(11-13)30(26,27)15-6-4-14(5-7-15)19(25)23-20-22-16(12-28-20)17-8-9-18(21)29-17/h4-9,12-13H,2-3,10-11H2,1H3,(H,22,23,25). The zero-order valence-corrected chi connectivity index (χ0v) is 19.4. The molecule has 1 unspecified atom stereocenters. The summed E-state index contributed by atoms with van der Waals surface area (Å²) < 4.78 is 27.9. The summed E-state index contributed by atoms with van der Waals surface area (Å²) in [6.45, 7) is 3.13. The molecule has 0 radical (unpaired) electrons. The molecule has 0 spiro atoms. The van der Waals surface area contributed by atoms with Crippen LogP contribution in [0.15, 0.2) is 46.7 Å². The Morgan fingerprint density at radius 2 is 2.00 bits per heavy atom. The number of hydrogen-bond acceptors (Lipinski definition) is 6. The molecule has 1 aliphatic rings. The first-order chi connectivity index (χ1) is 14.3. The molecule has 1 N–H and O–H groups in total. The lowest BCUT2D eigenvalue weighted by atomic mass is 10.0. The molecule has 1 aliphatic heterocycles. The second-order valence-corrected chi connectivity index (χ2v) is 11.7. The minimum atomic E-state index is -3.54. The van der Waals surface area contributed by atoms with Gasteiger partial charge in [0.2, 0.25) is 10.0 Å². The maximum Gasteiger partial charge on any atom is 0.257 e. The molecule has 10 heteroatoms. The number of halogens is 1. The number of anilines is 1. The average Bonchev–Trinajstić information content (AvgIpc) is 3.37. The molecule has 1 saturated heterocycles. The van der Waals surface area contributed by atoms with Crippen LogP contribution in [0.5, 0.6) is 0 Å². The number of thiophene rings is 1. The zero-order valence-electron chi connectivity index (χ0n) is 16.2. The molecule has 3 aromatic rings. The number of thiazole rings is 1. The summed E-state index contributed by atoms with van der Waals surface area (Å²) >= 11 is 8.70. The van der Waals surface area contributed by atoms with Crippen LogP contribution in [0.3, 0.4) is 0 Å². The number of nitrogens with zero attached hydrogens (tertiary/aromatic N) is 2. The molecule has 158 valence electrons. The Kier molecular flexibility index (Phi) is 6.26. The molecule has 3 heterocycles. The third kappa shape index (κ3) is 4.60. The number of rotatable bonds is 5. The van der Waals surface area contributed by atoms with Gasteiger partial charge < -0.3 is 0 Å². The number of piperidine rings is 1. The van der Waals surface area contributed by atoms with Gasteiger partial charge in [-0.05, 0) is 55.2 Å². The maximum absolute atomic E-state index is 12.9. The van der Waals surface area contributed by atoms with E-state index in [2.05, 4.69) is 17.2 Å². The second kappa shape index (κ2) is 8.76. The third-order valence-electron chi connectivity index (χ3n) is 4.92. The monoisotopic (exact) mass is 481 g/mol. The van der Waals surface area contributed by atoms with Gasteiger partial charge in [-0.25, -0.2) is 13.4 Å². The lowest BCUT2D eigenvalue weighted by Crippen LogP contribution is -2.39. The van der Waals surface area contributed by atoms with Crippen molar-refractivity contribution in [1.82, 2.24) is 9.29 Å². The van der Waals surface area contributed by atoms with Crippen molar-refractivity contribution in [2.45, 2.75) is 24.7 Å². The van der Waals surface area contributed by atoms with Gasteiger partial charge in [0.1, 0.15) is 0 Å². The van der Waals surface area contributed by atoms with E-state index < -0.39 is 10.0 Å². The normalized spacial score (nSPS) is 17.7. The lowest BCUT2D eigenvalue weighted by Gasteiger charge is -2.30. The molecule has 0 bridgehead atoms. The Morgan fingerprint density at radius 3 is 2.67 bits per heavy atom. The van der Waals surface area contributed by atoms with Crippen LogP contribution in [-0.2, 0) is 10.0 Å². The van der Waals surface area contributed by atoms with Crippen molar-refractivity contribution in [2.75, 3.05) is 18.4 Å². The van der Waals surface area contributed by atoms with E-state index >= 15 is 0 Å². The highest BCUT2D eigenvalue weighted by Gasteiger charge is 2.28. The first-order valence-corrected chi connectivity index (χ1v) is 13.0. The predicted octanol–water partition coefficient (Wildman–Crippen LogP) is 5.20. The van der Waals surface area contributed by atoms with E-state index in [-0.39, 0.29) is 10.8 Å². The van der Waals surface area contributed by atoms with Gasteiger partial charge in [-0.15, -0.1) is 22.7 Å². The Labute approximate surface area is 188 Å². The molecular weight excluding hydrogens is 462 g/mol. The van der Waals surface area contributed by atoms with Gasteiger partial charge in [0.15, 0.2) is 5.13 Å². The molecule has 1 amide bonds. The number of carbonyl (C=O) groups is 1. The van der Waals surface area contributed by atoms with E-state index in [1.165, 1.54) is 51.2 Å². The molecule has 30 heavy (non-hydrogen) atoms. The van der Waals surface area contributed by atoms with Crippen molar-refractivity contribution in [3.05, 3.63) is 51.7 Å². The quantitative estimate of drug-likeness (QED) is 0.543. The van der Waals surface area contributed by atoms with Gasteiger partial charge in [0.25, 0.3) is 5.91 Å². The van der Waals surface area contributed by atoms with Crippen molar-refractivity contribution in [2.24, 2.45) is 5.92 Å². The molecule has 2 aromatic heterocycles. The van der Waals surface area contributed by atoms with Crippen molar-refractivity contribution in [3.8, 4) is 10.6 Å². The molecule has 4 rings (SSSR count). The number of aromatic nitrogens is 1. The summed E-state index contributed by atoms with van der Waals surface area (Å²) in [5, 5.41) is 5.09. The van der Waals surface area contributed by atoms with Gasteiger partial charge in [0.05, 0.1) is 19.8 Å². The SMILES string of the molecule is CC1CCCN(S(=O)(=O)c2ccc(C(=O)Nc3nc(-c4ccc(Cl)s4)cs3)cc2)C1. The van der Waals surface area contributed by atoms with E-state index in [9.17, 15) is 13.2 Å². The fraction of sp³-hybridized carbons (Fsp3) is 0.300. The largest absolute Gasteiger partial charge is 0.298 e. The number of hydrogen-bond donors (Lipinski definition) is 1. The summed E-state index contributed by atoms with van der Waals surface area (Å²) in [5.41, 5.74) is 1.13. The summed E-state index contributed by atoms with van der Waals surface area (Å²) in [5.74, 6) is 0.0163. The molecule has 0 saturated carbocycles. The van der Waals surface area contributed by atoms with E-state index in [4.69, 9.17) is 11.6 Å². The highest BCUT2D eigenvalue weighted by molar-refractivity contribution is 7.89. The first-order valence-electron chi connectivity index (χ1n) is 9.46. The highest BCUT2D eigenvalue weighted by Crippen LogP contribution is 2.33. The van der Waals surface area contributed by atoms with Gasteiger partial charge in [-0.3, -0.25) is 10.1 Å². The molecule has 1 atom stereocenters. The average molecular weight is 482 g/mol. The Balaban J connectivity index is 1.45. The summed E-state index contributed by atoms with van der Waals surface area (Å²) in [7, 11) is -3.54. The molecular formula is C20H20ClN3O3S3. The zero-order chi connectivity index (χ0) is 21.3. The van der Waals surface area contributed by atoms with E-state index in [0.717, 1.165) is 23.4 Å². The predicted molar refractivity (Wildman–Crippen MR) is 122 cm³/mol. The summed E-state index contributed by atoms with van der Waals surface area (Å²) in [6, 6.07) is 9.73. The molecule has 0 aliphatic carbocycles. The topological polar surface area (TPSA) is 79.4 Å². The lowest BCUT2D eigenvalue weighted by molar-refractivity contribution is 0.102. The maximum atomic E-state index is 12.9. The Morgan fingerprint density at radius 1 is 1.23 bits per heavy atom. The number of nitrogens with one attached hydrogen (secondary N) is 1. The number of benzene rings is 1. The highest BCUT2D eigenvalue weighted by atomic mass is 35.5. The van der Waals surface area contributed by atoms with Crippen LogP contribution in [0.1, 0.15) is 30.1 Å². The van der Waals surface area contributed by atoms with Crippen LogP contribution in [0.25, 0.3) is 10.6 Å². The van der Waals surface area contributed by atoms with Crippen molar-refractivity contribution < 1.29 is 13.2 Å². The number of sulfonamides is 1. The fourth-order valence-corrected chi connectivity index (χ4v) is 6.74. The van der Waals surface area contributed by atoms with Crippen LogP contribution in [0, 0.1) is 5.92 Å². The molecule has 1 aromatic carbocycles. The van der Waals surface area contributed by atoms with Gasteiger partial charge in [-0.1, -0.05) is 18.5 Å². The minimum Gasteiger partial charge on any atom is -0.298 e. The smallest absolute Gasteiger partial charge is 0.257 e. The van der Waals surface area contributed by atoms with Gasteiger partial charge >= 0.3 is 0 Å². The van der Waals surface area contributed by atoms with E-state index in [0.29, 0.717) is 34.0 Å². The number of amides is 1. The third-order valence-corrected chi connectivity index (χ3v) is 8.82. The van der Waals surface area contributed by atoms with Crippen LogP contribution in [0.4, 0.5) is 5.13 Å². The van der Waals surface area contributed by atoms with Crippen LogP contribution >= 0.6 is 34.3 Å². The van der Waals surface area contributed by atoms with E-state index in [1.807, 2.05) is 11.4 Å². The first kappa shape index (κ1) is 21.5. The van der Waals surface area contributed by atoms with Crippen LogP contribution in [0.2, 0.25) is 4.34 Å². The van der Waals surface area contributed by atoms with Crippen molar-refractivity contribution >= 4 is 55.3 Å². The molecule has 1 fully saturated rings. The molecule has 6 nitrogen and oxygen atoms in total. The summed E-state index contributed by atoms with van der Waals surface area (Å²) in [6.07, 6.45) is 1.91. The van der Waals surface area contributed by atoms with Crippen molar-refractivity contribution in [3.63, 3.8) is 0 Å². The Hall–Kier alpha value is -1.78. The van der Waals surface area contributed by atoms with Crippen LogP contribution < -0.4 is 5.32 Å².